The molecule has 0 saturated heterocycles. The first kappa shape index (κ1) is 12.2. The number of amides is 1. The molecule has 0 atom stereocenters. The zero-order valence-corrected chi connectivity index (χ0v) is 11.4. The van der Waals surface area contributed by atoms with Gasteiger partial charge >= 0.3 is 0 Å². The van der Waals surface area contributed by atoms with Crippen LogP contribution in [-0.4, -0.2) is 18.6 Å². The minimum absolute atomic E-state index is 0.0308. The molecule has 2 heterocycles. The molecule has 0 saturated carbocycles. The zero-order chi connectivity index (χ0) is 13.6. The first-order valence-electron chi connectivity index (χ1n) is 5.49. The number of carbonyl (C=O) groups excluding carboxylic acids is 1. The topological polar surface area (TPSA) is 80.5 Å². The van der Waals surface area contributed by atoms with Gasteiger partial charge < -0.3 is 5.73 Å². The largest absolute Gasteiger partial charge is 0.399 e. The number of fused-ring (bicyclic) bond motifs is 1. The number of thiophene rings is 1. The van der Waals surface area contributed by atoms with Crippen molar-refractivity contribution in [2.45, 2.75) is 11.4 Å². The lowest BCUT2D eigenvalue weighted by Crippen LogP contribution is -2.29. The van der Waals surface area contributed by atoms with E-state index in [2.05, 4.69) is 0 Å². The number of hydrogen-bond acceptors (Lipinski definition) is 5. The molecule has 5 nitrogen and oxygen atoms in total. The van der Waals surface area contributed by atoms with Crippen LogP contribution in [0.3, 0.4) is 0 Å². The van der Waals surface area contributed by atoms with Crippen LogP contribution in [0.2, 0.25) is 0 Å². The van der Waals surface area contributed by atoms with Crippen molar-refractivity contribution in [1.29, 1.82) is 0 Å². The van der Waals surface area contributed by atoms with Crippen molar-refractivity contribution in [2.75, 3.05) is 5.73 Å². The molecule has 98 valence electrons. The lowest BCUT2D eigenvalue weighted by molar-refractivity contribution is 0.0866. The quantitative estimate of drug-likeness (QED) is 0.854. The molecule has 19 heavy (non-hydrogen) atoms. The number of carbonyl (C=O) groups is 1. The van der Waals surface area contributed by atoms with Crippen LogP contribution >= 0.6 is 11.3 Å². The Morgan fingerprint density at radius 2 is 2.05 bits per heavy atom. The summed E-state index contributed by atoms with van der Waals surface area (Å²) in [6.45, 7) is 0.0629. The van der Waals surface area contributed by atoms with Gasteiger partial charge in [-0.05, 0) is 29.6 Å². The van der Waals surface area contributed by atoms with E-state index in [4.69, 9.17) is 5.73 Å². The Hall–Kier alpha value is -1.86. The Labute approximate surface area is 114 Å². The third-order valence-electron chi connectivity index (χ3n) is 2.91. The molecule has 0 fully saturated rings. The summed E-state index contributed by atoms with van der Waals surface area (Å²) in [6.07, 6.45) is 0. The van der Waals surface area contributed by atoms with Crippen LogP contribution in [-0.2, 0) is 16.6 Å². The van der Waals surface area contributed by atoms with Crippen molar-refractivity contribution in [3.8, 4) is 0 Å². The molecule has 7 heteroatoms. The van der Waals surface area contributed by atoms with Crippen molar-refractivity contribution < 1.29 is 13.2 Å². The van der Waals surface area contributed by atoms with Gasteiger partial charge in [-0.3, -0.25) is 4.79 Å². The molecule has 0 aliphatic carbocycles. The summed E-state index contributed by atoms with van der Waals surface area (Å²) in [4.78, 5) is 13.0. The first-order valence-corrected chi connectivity index (χ1v) is 7.81. The summed E-state index contributed by atoms with van der Waals surface area (Å²) in [5, 5.41) is 1.84. The van der Waals surface area contributed by atoms with E-state index in [1.165, 1.54) is 29.5 Å². The summed E-state index contributed by atoms with van der Waals surface area (Å²) in [5.41, 5.74) is 6.12. The lowest BCUT2D eigenvalue weighted by atomic mass is 10.2. The monoisotopic (exact) mass is 294 g/mol. The third kappa shape index (κ3) is 1.82. The van der Waals surface area contributed by atoms with Crippen LogP contribution in [0.5, 0.6) is 0 Å². The van der Waals surface area contributed by atoms with Gasteiger partial charge in [0.15, 0.2) is 0 Å². The number of hydrogen-bond donors (Lipinski definition) is 1. The van der Waals surface area contributed by atoms with Crippen LogP contribution in [0.25, 0.3) is 0 Å². The molecular weight excluding hydrogens is 284 g/mol. The van der Waals surface area contributed by atoms with E-state index in [1.807, 2.05) is 11.4 Å². The number of sulfonamides is 1. The van der Waals surface area contributed by atoms with Crippen molar-refractivity contribution in [3.05, 3.63) is 46.2 Å². The molecule has 0 radical (unpaired) electrons. The number of nitrogen functional groups attached to an aromatic ring is 1. The van der Waals surface area contributed by atoms with Crippen molar-refractivity contribution in [1.82, 2.24) is 4.31 Å². The van der Waals surface area contributed by atoms with Crippen LogP contribution in [0.4, 0.5) is 5.69 Å². The van der Waals surface area contributed by atoms with Gasteiger partial charge in [-0.1, -0.05) is 6.07 Å². The van der Waals surface area contributed by atoms with Crippen LogP contribution < -0.4 is 5.73 Å². The zero-order valence-electron chi connectivity index (χ0n) is 9.74. The number of anilines is 1. The molecule has 1 aromatic heterocycles. The van der Waals surface area contributed by atoms with E-state index in [0.717, 1.165) is 9.18 Å². The summed E-state index contributed by atoms with van der Waals surface area (Å²) >= 11 is 1.41. The maximum absolute atomic E-state index is 12.3. The number of rotatable bonds is 2. The highest BCUT2D eigenvalue weighted by molar-refractivity contribution is 7.90. The highest BCUT2D eigenvalue weighted by Gasteiger charge is 2.41. The average molecular weight is 294 g/mol. The molecule has 1 aliphatic rings. The van der Waals surface area contributed by atoms with Crippen LogP contribution in [0, 0.1) is 0 Å². The predicted octanol–water partition coefficient (Wildman–Crippen LogP) is 1.68. The number of nitrogens with zero attached hydrogens (tertiary/aromatic N) is 1. The Bertz CT molecular complexity index is 751. The molecular formula is C12H10N2O3S2. The van der Waals surface area contributed by atoms with E-state index >= 15 is 0 Å². The fourth-order valence-electron chi connectivity index (χ4n) is 2.00. The van der Waals surface area contributed by atoms with Gasteiger partial charge in [0.25, 0.3) is 15.9 Å². The van der Waals surface area contributed by atoms with E-state index < -0.39 is 15.9 Å². The van der Waals surface area contributed by atoms with Gasteiger partial charge in [-0.2, -0.15) is 0 Å². The fraction of sp³-hybridized carbons (Fsp3) is 0.0833. The molecule has 3 rings (SSSR count). The smallest absolute Gasteiger partial charge is 0.269 e. The standard InChI is InChI=1S/C12H10N2O3S2/c13-8-3-4-11-10(6-8)12(15)14(19(11,16)17)7-9-2-1-5-18-9/h1-6H,7,13H2. The minimum atomic E-state index is -3.75. The molecule has 0 bridgehead atoms. The maximum Gasteiger partial charge on any atom is 0.269 e. The Morgan fingerprint density at radius 1 is 1.26 bits per heavy atom. The van der Waals surface area contributed by atoms with Crippen LogP contribution in [0.15, 0.2) is 40.6 Å². The fourth-order valence-corrected chi connectivity index (χ4v) is 4.30. The molecule has 1 aliphatic heterocycles. The summed E-state index contributed by atoms with van der Waals surface area (Å²) in [5.74, 6) is -0.518. The molecule has 1 aromatic carbocycles. The third-order valence-corrected chi connectivity index (χ3v) is 5.56. The highest BCUT2D eigenvalue weighted by Crippen LogP contribution is 2.33. The molecule has 1 amide bonds. The number of nitrogens with two attached hydrogens (primary N) is 1. The lowest BCUT2D eigenvalue weighted by Gasteiger charge is -2.13. The Balaban J connectivity index is 2.08. The number of benzene rings is 1. The second-order valence-electron chi connectivity index (χ2n) is 4.15. The van der Waals surface area contributed by atoms with Gasteiger partial charge in [0, 0.05) is 10.6 Å². The van der Waals surface area contributed by atoms with Gasteiger partial charge in [0.1, 0.15) is 4.90 Å². The Morgan fingerprint density at radius 3 is 2.74 bits per heavy atom. The molecule has 2 N–H and O–H groups in total. The van der Waals surface area contributed by atoms with Gasteiger partial charge in [0.05, 0.1) is 12.1 Å². The second-order valence-corrected chi connectivity index (χ2v) is 7.01. The minimum Gasteiger partial charge on any atom is -0.399 e. The second kappa shape index (κ2) is 4.07. The molecule has 2 aromatic rings. The van der Waals surface area contributed by atoms with E-state index in [-0.39, 0.29) is 17.0 Å². The average Bonchev–Trinajstić information content (AvgIpc) is 2.92. The SMILES string of the molecule is Nc1ccc2c(c1)C(=O)N(Cc1cccs1)S2(=O)=O. The van der Waals surface area contributed by atoms with Crippen molar-refractivity contribution in [3.63, 3.8) is 0 Å². The van der Waals surface area contributed by atoms with Crippen LogP contribution in [0.1, 0.15) is 15.2 Å². The molecule has 0 unspecified atom stereocenters. The van der Waals surface area contributed by atoms with Crippen molar-refractivity contribution in [2.24, 2.45) is 0 Å². The maximum atomic E-state index is 12.3. The first-order chi connectivity index (χ1) is 9.00. The highest BCUT2D eigenvalue weighted by atomic mass is 32.2. The summed E-state index contributed by atoms with van der Waals surface area (Å²) in [6, 6.07) is 7.89. The van der Waals surface area contributed by atoms with Gasteiger partial charge in [0.2, 0.25) is 0 Å². The normalized spacial score (nSPS) is 16.6. The summed E-state index contributed by atoms with van der Waals surface area (Å²) in [7, 11) is -3.75. The van der Waals surface area contributed by atoms with E-state index in [1.54, 1.807) is 6.07 Å². The Kier molecular flexibility index (Phi) is 2.61. The van der Waals surface area contributed by atoms with Gasteiger partial charge in [-0.25, -0.2) is 12.7 Å². The van der Waals surface area contributed by atoms with E-state index in [9.17, 15) is 13.2 Å². The van der Waals surface area contributed by atoms with Gasteiger partial charge in [-0.15, -0.1) is 11.3 Å². The van der Waals surface area contributed by atoms with E-state index in [0.29, 0.717) is 5.69 Å². The van der Waals surface area contributed by atoms with Crippen molar-refractivity contribution >= 4 is 33.0 Å². The predicted molar refractivity (Wildman–Crippen MR) is 72.2 cm³/mol. The molecule has 0 spiro atoms. The summed E-state index contributed by atoms with van der Waals surface area (Å²) < 4.78 is 25.5.